The molecular formula is C27H50N2O5. The van der Waals surface area contributed by atoms with Crippen LogP contribution in [0.5, 0.6) is 0 Å². The second-order valence-corrected chi connectivity index (χ2v) is 12.7. The van der Waals surface area contributed by atoms with E-state index in [2.05, 4.69) is 25.7 Å². The average molecular weight is 483 g/mol. The lowest BCUT2D eigenvalue weighted by Gasteiger charge is -2.61. The standard InChI is InChI=1S/C27H50N2O5/c1-7-34-23(31)29-17-15-28(16-18-29)19-22(30)27(6,33)14-10-21-25(4)12-8-11-24(2,3)20(25)9-13-26(21,5)32/h20-22,30,32-33H,7-19H2,1-6H3/t20-,21+,22-,25-,26+,27+/m0/s1. The summed E-state index contributed by atoms with van der Waals surface area (Å²) in [7, 11) is 0. The topological polar surface area (TPSA) is 93.5 Å². The second-order valence-electron chi connectivity index (χ2n) is 12.7. The minimum absolute atomic E-state index is 0.0496. The van der Waals surface area contributed by atoms with Crippen LogP contribution in [-0.2, 0) is 4.74 Å². The molecule has 2 aliphatic carbocycles. The van der Waals surface area contributed by atoms with Crippen molar-refractivity contribution in [2.75, 3.05) is 39.3 Å². The van der Waals surface area contributed by atoms with E-state index in [0.717, 1.165) is 19.3 Å². The minimum atomic E-state index is -1.23. The maximum absolute atomic E-state index is 11.9. The van der Waals surface area contributed by atoms with Crippen molar-refractivity contribution in [1.82, 2.24) is 9.80 Å². The number of carbonyl (C=O) groups excluding carboxylic acids is 1. The van der Waals surface area contributed by atoms with Crippen molar-refractivity contribution < 1.29 is 24.9 Å². The number of amides is 1. The van der Waals surface area contributed by atoms with E-state index in [-0.39, 0.29) is 22.8 Å². The maximum Gasteiger partial charge on any atom is 0.409 e. The maximum atomic E-state index is 11.9. The van der Waals surface area contributed by atoms with Gasteiger partial charge in [0.25, 0.3) is 0 Å². The monoisotopic (exact) mass is 482 g/mol. The number of hydrogen-bond acceptors (Lipinski definition) is 6. The molecule has 0 aromatic heterocycles. The first-order valence-corrected chi connectivity index (χ1v) is 13.5. The largest absolute Gasteiger partial charge is 0.450 e. The normalized spacial score (nSPS) is 36.9. The van der Waals surface area contributed by atoms with Gasteiger partial charge in [-0.1, -0.05) is 27.2 Å². The van der Waals surface area contributed by atoms with Crippen molar-refractivity contribution in [1.29, 1.82) is 0 Å². The SMILES string of the molecule is CCOC(=O)N1CCN(C[C@H](O)[C@](C)(O)CC[C@@H]2[C@@]3(C)CCCC(C)(C)[C@@H]3CC[C@@]2(C)O)CC1. The first-order valence-electron chi connectivity index (χ1n) is 13.5. The highest BCUT2D eigenvalue weighted by molar-refractivity contribution is 5.67. The molecule has 34 heavy (non-hydrogen) atoms. The molecule has 1 aliphatic heterocycles. The zero-order chi connectivity index (χ0) is 25.4. The summed E-state index contributed by atoms with van der Waals surface area (Å²) >= 11 is 0. The fraction of sp³-hybridized carbons (Fsp3) is 0.963. The van der Waals surface area contributed by atoms with Crippen LogP contribution < -0.4 is 0 Å². The van der Waals surface area contributed by atoms with Gasteiger partial charge in [-0.25, -0.2) is 4.79 Å². The molecule has 6 atom stereocenters. The number of aliphatic hydroxyl groups excluding tert-OH is 1. The summed E-state index contributed by atoms with van der Waals surface area (Å²) < 4.78 is 5.08. The average Bonchev–Trinajstić information content (AvgIpc) is 2.72. The first kappa shape index (κ1) is 27.7. The van der Waals surface area contributed by atoms with Crippen molar-refractivity contribution in [3.05, 3.63) is 0 Å². The van der Waals surface area contributed by atoms with Crippen molar-refractivity contribution in [3.63, 3.8) is 0 Å². The third kappa shape index (κ3) is 5.74. The third-order valence-corrected chi connectivity index (χ3v) is 9.75. The van der Waals surface area contributed by atoms with E-state index in [4.69, 9.17) is 4.74 Å². The van der Waals surface area contributed by atoms with Gasteiger partial charge in [0.15, 0.2) is 0 Å². The van der Waals surface area contributed by atoms with Gasteiger partial charge in [0.2, 0.25) is 0 Å². The van der Waals surface area contributed by atoms with E-state index < -0.39 is 17.3 Å². The molecule has 3 aliphatic rings. The Morgan fingerprint density at radius 2 is 1.76 bits per heavy atom. The molecule has 1 saturated heterocycles. The molecule has 1 amide bonds. The van der Waals surface area contributed by atoms with E-state index in [0.29, 0.717) is 58.1 Å². The fourth-order valence-corrected chi connectivity index (χ4v) is 7.64. The molecule has 0 aromatic carbocycles. The summed E-state index contributed by atoms with van der Waals surface area (Å²) in [5, 5.41) is 33.7. The van der Waals surface area contributed by atoms with Crippen molar-refractivity contribution in [2.24, 2.45) is 22.7 Å². The zero-order valence-electron chi connectivity index (χ0n) is 22.5. The number of hydrogen-bond donors (Lipinski definition) is 3. The molecule has 7 nitrogen and oxygen atoms in total. The predicted molar refractivity (Wildman–Crippen MR) is 133 cm³/mol. The summed E-state index contributed by atoms with van der Waals surface area (Å²) in [6, 6.07) is 0. The van der Waals surface area contributed by atoms with Gasteiger partial charge in [-0.05, 0) is 82.0 Å². The molecule has 7 heteroatoms. The van der Waals surface area contributed by atoms with E-state index in [1.165, 1.54) is 12.8 Å². The molecule has 0 spiro atoms. The Balaban J connectivity index is 1.59. The van der Waals surface area contributed by atoms with Crippen LogP contribution >= 0.6 is 0 Å². The Kier molecular flexibility index (Phi) is 8.33. The van der Waals surface area contributed by atoms with Crippen LogP contribution in [0.25, 0.3) is 0 Å². The lowest BCUT2D eigenvalue weighted by molar-refractivity contribution is -0.176. The Morgan fingerprint density at radius 3 is 2.38 bits per heavy atom. The molecule has 3 N–H and O–H groups in total. The van der Waals surface area contributed by atoms with Gasteiger partial charge in [0, 0.05) is 32.7 Å². The summed E-state index contributed by atoms with van der Waals surface area (Å²) in [4.78, 5) is 15.7. The number of fused-ring (bicyclic) bond motifs is 1. The van der Waals surface area contributed by atoms with Crippen LogP contribution in [0.1, 0.15) is 86.5 Å². The Bertz CT molecular complexity index is 701. The molecule has 0 radical (unpaired) electrons. The van der Waals surface area contributed by atoms with Crippen molar-refractivity contribution >= 4 is 6.09 Å². The molecule has 198 valence electrons. The van der Waals surface area contributed by atoms with Crippen molar-refractivity contribution in [2.45, 2.75) is 104 Å². The molecule has 0 aromatic rings. The lowest BCUT2D eigenvalue weighted by atomic mass is 9.45. The van der Waals surface area contributed by atoms with Gasteiger partial charge >= 0.3 is 6.09 Å². The fourth-order valence-electron chi connectivity index (χ4n) is 7.64. The molecular weight excluding hydrogens is 432 g/mol. The van der Waals surface area contributed by atoms with E-state index in [1.54, 1.807) is 18.7 Å². The Hall–Kier alpha value is -0.890. The Labute approximate surface area is 206 Å². The number of piperazine rings is 1. The number of β-amino-alcohol motifs (C(OH)–C–C–N with tert-alkyl or cyclic N) is 1. The molecule has 3 rings (SSSR count). The third-order valence-electron chi connectivity index (χ3n) is 9.75. The van der Waals surface area contributed by atoms with E-state index in [9.17, 15) is 20.1 Å². The summed E-state index contributed by atoms with van der Waals surface area (Å²) in [5.41, 5.74) is -1.66. The van der Waals surface area contributed by atoms with Gasteiger partial charge in [0.1, 0.15) is 0 Å². The van der Waals surface area contributed by atoms with Crippen LogP contribution in [0.4, 0.5) is 4.79 Å². The van der Waals surface area contributed by atoms with Gasteiger partial charge in [-0.3, -0.25) is 4.90 Å². The van der Waals surface area contributed by atoms with E-state index in [1.807, 2.05) is 6.92 Å². The van der Waals surface area contributed by atoms with Gasteiger partial charge < -0.3 is 25.0 Å². The van der Waals surface area contributed by atoms with Gasteiger partial charge in [-0.2, -0.15) is 0 Å². The molecule has 2 saturated carbocycles. The van der Waals surface area contributed by atoms with Gasteiger partial charge in [0.05, 0.1) is 23.9 Å². The smallest absolute Gasteiger partial charge is 0.409 e. The quantitative estimate of drug-likeness (QED) is 0.513. The number of aliphatic hydroxyl groups is 3. The number of rotatable bonds is 7. The van der Waals surface area contributed by atoms with Crippen molar-refractivity contribution in [3.8, 4) is 0 Å². The highest BCUT2D eigenvalue weighted by atomic mass is 16.6. The number of carbonyl (C=O) groups is 1. The highest BCUT2D eigenvalue weighted by Crippen LogP contribution is 2.63. The number of ether oxygens (including phenoxy) is 1. The first-order chi connectivity index (χ1) is 15.7. The van der Waals surface area contributed by atoms with Crippen LogP contribution in [0, 0.1) is 22.7 Å². The summed E-state index contributed by atoms with van der Waals surface area (Å²) in [5.74, 6) is 0.676. The predicted octanol–water partition coefficient (Wildman–Crippen LogP) is 3.65. The Morgan fingerprint density at radius 1 is 1.12 bits per heavy atom. The van der Waals surface area contributed by atoms with Crippen LogP contribution in [0.15, 0.2) is 0 Å². The zero-order valence-corrected chi connectivity index (χ0v) is 22.5. The molecule has 0 unspecified atom stereocenters. The van der Waals surface area contributed by atoms with Crippen LogP contribution in [0.3, 0.4) is 0 Å². The number of nitrogens with zero attached hydrogens (tertiary/aromatic N) is 2. The second kappa shape index (κ2) is 10.2. The lowest BCUT2D eigenvalue weighted by Crippen LogP contribution is -2.58. The van der Waals surface area contributed by atoms with Crippen LogP contribution in [-0.4, -0.2) is 87.8 Å². The van der Waals surface area contributed by atoms with E-state index >= 15 is 0 Å². The highest BCUT2D eigenvalue weighted by Gasteiger charge is 2.58. The molecule has 0 bridgehead atoms. The summed E-state index contributed by atoms with van der Waals surface area (Å²) in [6.07, 6.45) is 5.40. The van der Waals surface area contributed by atoms with Crippen LogP contribution in [0.2, 0.25) is 0 Å². The molecule has 3 fully saturated rings. The minimum Gasteiger partial charge on any atom is -0.450 e. The summed E-state index contributed by atoms with van der Waals surface area (Å²) in [6.45, 7) is 15.8. The molecule has 1 heterocycles. The van der Waals surface area contributed by atoms with Gasteiger partial charge in [-0.15, -0.1) is 0 Å².